The van der Waals surface area contributed by atoms with E-state index in [1.807, 2.05) is 0 Å². The summed E-state index contributed by atoms with van der Waals surface area (Å²) in [6.07, 6.45) is 5.42. The molecule has 1 aromatic carbocycles. The molecule has 2 heteroatoms. The summed E-state index contributed by atoms with van der Waals surface area (Å²) in [5.74, 6) is 1.61. The molecule has 0 heterocycles. The van der Waals surface area contributed by atoms with Crippen LogP contribution in [0, 0.1) is 11.8 Å². The van der Waals surface area contributed by atoms with Gasteiger partial charge in [-0.25, -0.2) is 0 Å². The van der Waals surface area contributed by atoms with Crippen LogP contribution in [0.25, 0.3) is 0 Å². The normalized spacial score (nSPS) is 26.9. The molecule has 2 rings (SSSR count). The molecule has 0 aromatic heterocycles. The Labute approximate surface area is 117 Å². The highest BCUT2D eigenvalue weighted by Gasteiger charge is 2.26. The van der Waals surface area contributed by atoms with Crippen LogP contribution in [0.2, 0.25) is 0 Å². The number of benzene rings is 1. The van der Waals surface area contributed by atoms with Crippen molar-refractivity contribution in [2.45, 2.75) is 51.6 Å². The zero-order valence-electron chi connectivity index (χ0n) is 12.3. The van der Waals surface area contributed by atoms with Gasteiger partial charge in [0.1, 0.15) is 0 Å². The van der Waals surface area contributed by atoms with Gasteiger partial charge in [0.25, 0.3) is 0 Å². The van der Waals surface area contributed by atoms with Gasteiger partial charge in [-0.15, -0.1) is 0 Å². The lowest BCUT2D eigenvalue weighted by Gasteiger charge is -2.35. The molecule has 1 aliphatic rings. The third kappa shape index (κ3) is 4.05. The fourth-order valence-corrected chi connectivity index (χ4v) is 3.40. The van der Waals surface area contributed by atoms with Crippen molar-refractivity contribution in [1.82, 2.24) is 5.32 Å². The molecule has 19 heavy (non-hydrogen) atoms. The van der Waals surface area contributed by atoms with E-state index in [1.165, 1.54) is 31.2 Å². The van der Waals surface area contributed by atoms with Crippen LogP contribution < -0.4 is 11.1 Å². The molecule has 1 fully saturated rings. The van der Waals surface area contributed by atoms with Gasteiger partial charge in [-0.05, 0) is 37.2 Å². The van der Waals surface area contributed by atoms with Crippen molar-refractivity contribution in [3.05, 3.63) is 35.9 Å². The fourth-order valence-electron chi connectivity index (χ4n) is 3.40. The molecular formula is C17H28N2. The minimum atomic E-state index is 0.381. The summed E-state index contributed by atoms with van der Waals surface area (Å²) in [5.41, 5.74) is 7.36. The lowest BCUT2D eigenvalue weighted by atomic mass is 9.78. The highest BCUT2D eigenvalue weighted by atomic mass is 15.0. The first-order chi connectivity index (χ1) is 9.20. The Bertz CT molecular complexity index is 363. The summed E-state index contributed by atoms with van der Waals surface area (Å²) in [4.78, 5) is 0. The predicted molar refractivity (Wildman–Crippen MR) is 82.0 cm³/mol. The third-order valence-electron chi connectivity index (χ3n) is 4.56. The van der Waals surface area contributed by atoms with Crippen molar-refractivity contribution in [2.24, 2.45) is 17.6 Å². The quantitative estimate of drug-likeness (QED) is 0.850. The zero-order valence-corrected chi connectivity index (χ0v) is 12.3. The highest BCUT2D eigenvalue weighted by Crippen LogP contribution is 2.31. The van der Waals surface area contributed by atoms with Crippen LogP contribution >= 0.6 is 0 Å². The fraction of sp³-hybridized carbons (Fsp3) is 0.647. The summed E-state index contributed by atoms with van der Waals surface area (Å²) in [5, 5.41) is 3.75. The molecule has 0 aliphatic heterocycles. The van der Waals surface area contributed by atoms with Crippen molar-refractivity contribution < 1.29 is 0 Å². The summed E-state index contributed by atoms with van der Waals surface area (Å²) >= 11 is 0. The summed E-state index contributed by atoms with van der Waals surface area (Å²) in [7, 11) is 0. The van der Waals surface area contributed by atoms with Gasteiger partial charge in [-0.1, -0.05) is 50.1 Å². The maximum absolute atomic E-state index is 6.01. The topological polar surface area (TPSA) is 38.0 Å². The molecule has 0 saturated heterocycles. The van der Waals surface area contributed by atoms with E-state index < -0.39 is 0 Å². The van der Waals surface area contributed by atoms with Crippen LogP contribution in [0.4, 0.5) is 0 Å². The van der Waals surface area contributed by atoms with Gasteiger partial charge in [0, 0.05) is 18.6 Å². The Kier molecular flexibility index (Phi) is 5.41. The van der Waals surface area contributed by atoms with E-state index in [-0.39, 0.29) is 0 Å². The van der Waals surface area contributed by atoms with Crippen molar-refractivity contribution in [3.63, 3.8) is 0 Å². The predicted octanol–water partition coefficient (Wildman–Crippen LogP) is 3.49. The number of nitrogens with one attached hydrogen (secondary N) is 1. The molecule has 4 unspecified atom stereocenters. The maximum Gasteiger partial charge on any atom is 0.0294 e. The standard InChI is InChI=1S/C17H28N2/c1-13-7-6-10-16(11-13)17(12-18)19-14(2)15-8-4-3-5-9-15/h3-5,8-9,13-14,16-17,19H,6-7,10-12,18H2,1-2H3. The van der Waals surface area contributed by atoms with Gasteiger partial charge >= 0.3 is 0 Å². The Morgan fingerprint density at radius 3 is 2.63 bits per heavy atom. The van der Waals surface area contributed by atoms with Crippen molar-refractivity contribution >= 4 is 0 Å². The van der Waals surface area contributed by atoms with E-state index in [4.69, 9.17) is 5.73 Å². The lowest BCUT2D eigenvalue weighted by Crippen LogP contribution is -2.44. The SMILES string of the molecule is CC1CCCC(C(CN)NC(C)c2ccccc2)C1. The van der Waals surface area contributed by atoms with E-state index in [1.54, 1.807) is 0 Å². The molecule has 0 spiro atoms. The number of rotatable bonds is 5. The summed E-state index contributed by atoms with van der Waals surface area (Å²) < 4.78 is 0. The summed E-state index contributed by atoms with van der Waals surface area (Å²) in [6.45, 7) is 5.36. The van der Waals surface area contributed by atoms with Gasteiger partial charge in [0.15, 0.2) is 0 Å². The van der Waals surface area contributed by atoms with E-state index in [0.29, 0.717) is 12.1 Å². The molecule has 3 N–H and O–H groups in total. The third-order valence-corrected chi connectivity index (χ3v) is 4.56. The molecule has 1 aromatic rings. The van der Waals surface area contributed by atoms with Gasteiger partial charge in [0.05, 0.1) is 0 Å². The molecule has 1 aliphatic carbocycles. The smallest absolute Gasteiger partial charge is 0.0294 e. The van der Waals surface area contributed by atoms with E-state index in [2.05, 4.69) is 49.5 Å². The Morgan fingerprint density at radius 1 is 1.26 bits per heavy atom. The van der Waals surface area contributed by atoms with Crippen LogP contribution in [-0.2, 0) is 0 Å². The number of nitrogens with two attached hydrogens (primary N) is 1. The molecule has 0 amide bonds. The Hall–Kier alpha value is -0.860. The van der Waals surface area contributed by atoms with Crippen molar-refractivity contribution in [3.8, 4) is 0 Å². The lowest BCUT2D eigenvalue weighted by molar-refractivity contribution is 0.216. The molecule has 0 bridgehead atoms. The average molecular weight is 260 g/mol. The Morgan fingerprint density at radius 2 is 2.00 bits per heavy atom. The number of hydrogen-bond acceptors (Lipinski definition) is 2. The highest BCUT2D eigenvalue weighted by molar-refractivity contribution is 5.18. The molecule has 1 saturated carbocycles. The van der Waals surface area contributed by atoms with Crippen LogP contribution in [0.5, 0.6) is 0 Å². The second kappa shape index (κ2) is 7.06. The van der Waals surface area contributed by atoms with Gasteiger partial charge < -0.3 is 11.1 Å². The first-order valence-electron chi connectivity index (χ1n) is 7.71. The zero-order chi connectivity index (χ0) is 13.7. The number of hydrogen-bond donors (Lipinski definition) is 2. The first kappa shape index (κ1) is 14.5. The summed E-state index contributed by atoms with van der Waals surface area (Å²) in [6, 6.07) is 11.5. The van der Waals surface area contributed by atoms with Gasteiger partial charge in [0.2, 0.25) is 0 Å². The second-order valence-corrected chi connectivity index (χ2v) is 6.17. The minimum Gasteiger partial charge on any atom is -0.329 e. The monoisotopic (exact) mass is 260 g/mol. The van der Waals surface area contributed by atoms with Crippen molar-refractivity contribution in [1.29, 1.82) is 0 Å². The van der Waals surface area contributed by atoms with Gasteiger partial charge in [-0.2, -0.15) is 0 Å². The van der Waals surface area contributed by atoms with Crippen LogP contribution in [0.1, 0.15) is 51.1 Å². The largest absolute Gasteiger partial charge is 0.329 e. The van der Waals surface area contributed by atoms with Crippen molar-refractivity contribution in [2.75, 3.05) is 6.54 Å². The second-order valence-electron chi connectivity index (χ2n) is 6.17. The van der Waals surface area contributed by atoms with Gasteiger partial charge in [-0.3, -0.25) is 0 Å². The van der Waals surface area contributed by atoms with E-state index in [9.17, 15) is 0 Å². The van der Waals surface area contributed by atoms with E-state index >= 15 is 0 Å². The molecule has 106 valence electrons. The molecular weight excluding hydrogens is 232 g/mol. The average Bonchev–Trinajstić information content (AvgIpc) is 2.45. The van der Waals surface area contributed by atoms with Crippen LogP contribution in [0.15, 0.2) is 30.3 Å². The van der Waals surface area contributed by atoms with E-state index in [0.717, 1.165) is 18.4 Å². The Balaban J connectivity index is 1.95. The van der Waals surface area contributed by atoms with Crippen LogP contribution in [-0.4, -0.2) is 12.6 Å². The molecule has 2 nitrogen and oxygen atoms in total. The molecule has 4 atom stereocenters. The molecule has 0 radical (unpaired) electrons. The van der Waals surface area contributed by atoms with Crippen LogP contribution in [0.3, 0.4) is 0 Å². The minimum absolute atomic E-state index is 0.381. The first-order valence-corrected chi connectivity index (χ1v) is 7.71. The maximum atomic E-state index is 6.01.